The third-order valence-corrected chi connectivity index (χ3v) is 5.94. The Morgan fingerprint density at radius 1 is 0.815 bits per heavy atom. The summed E-state index contributed by atoms with van der Waals surface area (Å²) in [6, 6.07) is 0.101. The number of nitrogens with zero attached hydrogens (tertiary/aromatic N) is 1. The molecule has 2 atom stereocenters. The second-order valence-corrected chi connectivity index (χ2v) is 8.54. The average Bonchev–Trinajstić information content (AvgIpc) is 2.64. The lowest BCUT2D eigenvalue weighted by Gasteiger charge is -2.20. The van der Waals surface area contributed by atoms with E-state index in [-0.39, 0.29) is 6.04 Å². The van der Waals surface area contributed by atoms with Crippen LogP contribution in [0.15, 0.2) is 12.3 Å². The van der Waals surface area contributed by atoms with E-state index in [1.54, 1.807) is 0 Å². The van der Waals surface area contributed by atoms with Gasteiger partial charge in [0.2, 0.25) is 0 Å². The topological polar surface area (TPSA) is 26.9 Å². The molecule has 2 heteroatoms. The molecule has 0 aromatic heterocycles. The summed E-state index contributed by atoms with van der Waals surface area (Å²) in [6.45, 7) is 17.0. The molecule has 0 aromatic carbocycles. The largest absolute Gasteiger partial charge is 0.303 e. The van der Waals surface area contributed by atoms with Crippen LogP contribution in [0.25, 0.3) is 0 Å². The van der Waals surface area contributed by atoms with Gasteiger partial charge in [-0.15, -0.1) is 0 Å². The summed E-state index contributed by atoms with van der Waals surface area (Å²) in [7, 11) is 0. The molecule has 0 saturated carbocycles. The summed E-state index contributed by atoms with van der Waals surface area (Å²) < 4.78 is 2.01. The summed E-state index contributed by atoms with van der Waals surface area (Å²) >= 11 is 0. The second-order valence-electron chi connectivity index (χ2n) is 8.54. The normalized spacial score (nSPS) is 13.3. The minimum absolute atomic E-state index is 0.101. The Labute approximate surface area is 171 Å². The van der Waals surface area contributed by atoms with Crippen molar-refractivity contribution in [3.63, 3.8) is 0 Å². The van der Waals surface area contributed by atoms with E-state index in [0.29, 0.717) is 11.6 Å². The van der Waals surface area contributed by atoms with Gasteiger partial charge >= 0.3 is 0 Å². The minimum Gasteiger partial charge on any atom is -0.303 e. The highest BCUT2D eigenvalue weighted by atomic mass is 15.0. The van der Waals surface area contributed by atoms with Crippen LogP contribution in [0.4, 0.5) is 0 Å². The Morgan fingerprint density at radius 3 is 1.59 bits per heavy atom. The molecule has 0 spiro atoms. The summed E-state index contributed by atoms with van der Waals surface area (Å²) in [5.74, 6) is 0.448. The van der Waals surface area contributed by atoms with Gasteiger partial charge in [0.25, 0.3) is 0 Å². The number of allylic oxidation sites excluding steroid dienone is 1. The second kappa shape index (κ2) is 17.2. The molecular formula is C25H49N2+. The van der Waals surface area contributed by atoms with Gasteiger partial charge in [0, 0.05) is 12.3 Å². The Morgan fingerprint density at radius 2 is 1.22 bits per heavy atom. The fourth-order valence-corrected chi connectivity index (χ4v) is 3.88. The SMILES string of the molecule is C=C(CCCCCCCCCCCCCCC)[N+](=C)C(C(C)=N)C(C)CC. The lowest BCUT2D eigenvalue weighted by atomic mass is 9.94. The van der Waals surface area contributed by atoms with Gasteiger partial charge < -0.3 is 5.41 Å². The molecule has 2 unspecified atom stereocenters. The highest BCUT2D eigenvalue weighted by molar-refractivity contribution is 5.83. The maximum Gasteiger partial charge on any atom is 0.197 e. The molecule has 0 aliphatic rings. The van der Waals surface area contributed by atoms with Crippen molar-refractivity contribution < 1.29 is 4.58 Å². The maximum absolute atomic E-state index is 8.07. The van der Waals surface area contributed by atoms with Crippen molar-refractivity contribution in [2.45, 2.75) is 130 Å². The van der Waals surface area contributed by atoms with E-state index in [0.717, 1.165) is 18.5 Å². The zero-order chi connectivity index (χ0) is 20.5. The van der Waals surface area contributed by atoms with Gasteiger partial charge in [-0.3, -0.25) is 0 Å². The van der Waals surface area contributed by atoms with E-state index in [1.165, 1.54) is 83.5 Å². The predicted molar refractivity (Wildman–Crippen MR) is 123 cm³/mol. The Balaban J connectivity index is 3.68. The van der Waals surface area contributed by atoms with Crippen LogP contribution in [-0.2, 0) is 0 Å². The molecule has 0 radical (unpaired) electrons. The van der Waals surface area contributed by atoms with Gasteiger partial charge in [-0.1, -0.05) is 97.8 Å². The molecule has 0 bridgehead atoms. The average molecular weight is 378 g/mol. The number of hydrogen-bond donors (Lipinski definition) is 1. The minimum atomic E-state index is 0.101. The van der Waals surface area contributed by atoms with Crippen molar-refractivity contribution in [2.24, 2.45) is 5.92 Å². The van der Waals surface area contributed by atoms with E-state index in [1.807, 2.05) is 11.5 Å². The third kappa shape index (κ3) is 13.0. The van der Waals surface area contributed by atoms with E-state index in [9.17, 15) is 0 Å². The highest BCUT2D eigenvalue weighted by Crippen LogP contribution is 2.19. The molecule has 0 aromatic rings. The van der Waals surface area contributed by atoms with Crippen LogP contribution in [0.3, 0.4) is 0 Å². The van der Waals surface area contributed by atoms with Gasteiger partial charge in [-0.25, -0.2) is 4.58 Å². The molecule has 1 N–H and O–H groups in total. The van der Waals surface area contributed by atoms with Crippen molar-refractivity contribution in [1.82, 2.24) is 0 Å². The summed E-state index contributed by atoms with van der Waals surface area (Å²) in [5.41, 5.74) is 1.79. The first-order chi connectivity index (χ1) is 13.0. The Kier molecular flexibility index (Phi) is 16.6. The summed E-state index contributed by atoms with van der Waals surface area (Å²) in [6.07, 6.45) is 20.1. The first-order valence-corrected chi connectivity index (χ1v) is 11.8. The van der Waals surface area contributed by atoms with Crippen LogP contribution >= 0.6 is 0 Å². The van der Waals surface area contributed by atoms with Crippen LogP contribution in [0, 0.1) is 11.3 Å². The fraction of sp³-hybridized carbons (Fsp3) is 0.840. The first-order valence-electron chi connectivity index (χ1n) is 11.8. The molecular weight excluding hydrogens is 328 g/mol. The van der Waals surface area contributed by atoms with Crippen LogP contribution in [-0.4, -0.2) is 23.0 Å². The quantitative estimate of drug-likeness (QED) is 0.133. The van der Waals surface area contributed by atoms with Crippen molar-refractivity contribution >= 4 is 12.4 Å². The van der Waals surface area contributed by atoms with Crippen LogP contribution in [0.2, 0.25) is 0 Å². The van der Waals surface area contributed by atoms with E-state index in [2.05, 4.69) is 34.1 Å². The molecule has 0 rings (SSSR count). The van der Waals surface area contributed by atoms with Gasteiger partial charge in [-0.05, 0) is 26.3 Å². The Hall–Kier alpha value is -0.920. The summed E-state index contributed by atoms with van der Waals surface area (Å²) in [5, 5.41) is 8.07. The molecule has 0 fully saturated rings. The van der Waals surface area contributed by atoms with Crippen molar-refractivity contribution in [2.75, 3.05) is 0 Å². The fourth-order valence-electron chi connectivity index (χ4n) is 3.88. The van der Waals surface area contributed by atoms with Gasteiger partial charge in [0.15, 0.2) is 11.7 Å². The van der Waals surface area contributed by atoms with E-state index < -0.39 is 0 Å². The molecule has 27 heavy (non-hydrogen) atoms. The lowest BCUT2D eigenvalue weighted by Crippen LogP contribution is -2.36. The van der Waals surface area contributed by atoms with Crippen LogP contribution < -0.4 is 0 Å². The van der Waals surface area contributed by atoms with E-state index in [4.69, 9.17) is 5.41 Å². The monoisotopic (exact) mass is 377 g/mol. The maximum atomic E-state index is 8.07. The number of rotatable bonds is 19. The third-order valence-electron chi connectivity index (χ3n) is 5.94. The highest BCUT2D eigenvalue weighted by Gasteiger charge is 2.29. The molecule has 0 aliphatic heterocycles. The van der Waals surface area contributed by atoms with Crippen molar-refractivity contribution in [3.05, 3.63) is 12.3 Å². The van der Waals surface area contributed by atoms with Gasteiger partial charge in [0.05, 0.1) is 5.71 Å². The predicted octanol–water partition coefficient (Wildman–Crippen LogP) is 8.15. The Bertz CT molecular complexity index is 411. The standard InChI is InChI=1S/C25H49N2/c1-7-9-10-11-12-13-14-15-16-17-18-19-20-21-23(4)27(6)25(24(5)26)22(3)8-2/h22,25-26H,4,6-21H2,1-3,5H3/q+1. The van der Waals surface area contributed by atoms with Crippen LogP contribution in [0.5, 0.6) is 0 Å². The molecule has 0 aliphatic carbocycles. The van der Waals surface area contributed by atoms with Crippen molar-refractivity contribution in [3.8, 4) is 0 Å². The lowest BCUT2D eigenvalue weighted by molar-refractivity contribution is -0.502. The number of unbranched alkanes of at least 4 members (excludes halogenated alkanes) is 12. The zero-order valence-corrected chi connectivity index (χ0v) is 19.1. The van der Waals surface area contributed by atoms with Gasteiger partial charge in [0.1, 0.15) is 6.72 Å². The summed E-state index contributed by atoms with van der Waals surface area (Å²) in [4.78, 5) is 0. The first kappa shape index (κ1) is 26.1. The molecule has 2 nitrogen and oxygen atoms in total. The number of hydrogen-bond acceptors (Lipinski definition) is 1. The van der Waals surface area contributed by atoms with E-state index >= 15 is 0 Å². The molecule has 0 heterocycles. The zero-order valence-electron chi connectivity index (χ0n) is 19.1. The number of nitrogens with one attached hydrogen (secondary N) is 1. The molecule has 0 saturated heterocycles. The van der Waals surface area contributed by atoms with Crippen LogP contribution in [0.1, 0.15) is 124 Å². The van der Waals surface area contributed by atoms with Gasteiger partial charge in [-0.2, -0.15) is 0 Å². The van der Waals surface area contributed by atoms with Crippen molar-refractivity contribution in [1.29, 1.82) is 5.41 Å². The molecule has 158 valence electrons. The molecule has 0 amide bonds. The smallest absolute Gasteiger partial charge is 0.197 e.